The van der Waals surface area contributed by atoms with Gasteiger partial charge in [-0.1, -0.05) is 152 Å². The van der Waals surface area contributed by atoms with Gasteiger partial charge in [0.25, 0.3) is 0 Å². The fourth-order valence-corrected chi connectivity index (χ4v) is 5.98. The summed E-state index contributed by atoms with van der Waals surface area (Å²) in [6, 6.07) is 38.2. The van der Waals surface area contributed by atoms with Crippen molar-refractivity contribution in [1.82, 2.24) is 4.57 Å². The van der Waals surface area contributed by atoms with Gasteiger partial charge in [-0.05, 0) is 35.4 Å². The molecule has 0 amide bonds. The molecule has 0 aliphatic heterocycles. The maximum atomic E-state index is 5.37. The van der Waals surface area contributed by atoms with Crippen LogP contribution in [-0.2, 0) is 39.4 Å². The summed E-state index contributed by atoms with van der Waals surface area (Å²) in [7, 11) is 2.14. The van der Waals surface area contributed by atoms with E-state index in [0.717, 1.165) is 33.7 Å². The van der Waals surface area contributed by atoms with E-state index in [1.54, 1.807) is 0 Å². The average Bonchev–Trinajstić information content (AvgIpc) is 3.32. The number of fused-ring (bicyclic) bond motifs is 2. The van der Waals surface area contributed by atoms with Crippen LogP contribution in [0.1, 0.15) is 61.8 Å². The molecule has 0 atom stereocenters. The molecule has 6 aromatic rings. The van der Waals surface area contributed by atoms with Crippen LogP contribution >= 0.6 is 0 Å². The van der Waals surface area contributed by atoms with Crippen molar-refractivity contribution >= 4 is 38.7 Å². The van der Waals surface area contributed by atoms with Crippen LogP contribution in [-0.4, -0.2) is 4.57 Å². The molecule has 0 N–H and O–H groups in total. The first-order valence-corrected chi connectivity index (χ1v) is 14.9. The zero-order valence-corrected chi connectivity index (χ0v) is 31.5. The molecule has 4 heteroatoms. The van der Waals surface area contributed by atoms with Gasteiger partial charge in [-0.3, -0.25) is 0 Å². The Kier molecular flexibility index (Phi) is 12.0. The van der Waals surface area contributed by atoms with E-state index in [0.29, 0.717) is 18.4 Å². The van der Waals surface area contributed by atoms with Gasteiger partial charge in [0.05, 0.1) is 0 Å². The van der Waals surface area contributed by atoms with Crippen LogP contribution in [0.2, 0.25) is 0 Å². The maximum absolute atomic E-state index is 5.37. The zero-order valence-electron chi connectivity index (χ0n) is 27.9. The number of hydrogen-bond donors (Lipinski definition) is 0. The first kappa shape index (κ1) is 35.8. The minimum absolute atomic E-state index is 0. The molecule has 0 fully saturated rings. The van der Waals surface area contributed by atoms with Crippen molar-refractivity contribution in [2.45, 2.75) is 53.0 Å². The van der Waals surface area contributed by atoms with Crippen LogP contribution in [0, 0.1) is 27.8 Å². The van der Waals surface area contributed by atoms with Gasteiger partial charge in [-0.25, -0.2) is 5.69 Å². The van der Waals surface area contributed by atoms with E-state index < -0.39 is 0 Å². The summed E-state index contributed by atoms with van der Waals surface area (Å²) in [5.74, 6) is 0.763. The third-order valence-corrected chi connectivity index (χ3v) is 8.32. The molecule has 1 heterocycles. The molecule has 6 rings (SSSR count). The molecule has 1 aromatic heterocycles. The van der Waals surface area contributed by atoms with Gasteiger partial charge in [0.15, 0.2) is 0 Å². The summed E-state index contributed by atoms with van der Waals surface area (Å²) in [5, 5.41) is 13.9. The fraction of sp³-hybridized carbons (Fsp3) is 0.220. The molecular weight excluding hydrogens is 713 g/mol. The number of para-hydroxylation sites is 2. The largest absolute Gasteiger partial charge is 0.701 e. The summed E-state index contributed by atoms with van der Waals surface area (Å²) in [6.07, 6.45) is 0. The second-order valence-corrected chi connectivity index (χ2v) is 11.8. The van der Waals surface area contributed by atoms with Gasteiger partial charge < -0.3 is 30.1 Å². The molecule has 3 nitrogen and oxygen atoms in total. The maximum Gasteiger partial charge on any atom is 0.000469 e. The molecule has 5 aromatic carbocycles. The average molecular weight is 757 g/mol. The molecule has 0 radical (unpaired) electrons. The fourth-order valence-electron chi connectivity index (χ4n) is 5.98. The molecule has 232 valence electrons. The van der Waals surface area contributed by atoms with Gasteiger partial charge in [0, 0.05) is 32.9 Å². The van der Waals surface area contributed by atoms with Crippen molar-refractivity contribution in [3.8, 4) is 11.3 Å². The van der Waals surface area contributed by atoms with Gasteiger partial charge >= 0.3 is 0 Å². The van der Waals surface area contributed by atoms with Gasteiger partial charge in [-0.2, -0.15) is 0 Å². The van der Waals surface area contributed by atoms with Gasteiger partial charge in [0.1, 0.15) is 0 Å². The number of aryl methyl sites for hydroxylation is 2. The van der Waals surface area contributed by atoms with E-state index in [9.17, 15) is 0 Å². The van der Waals surface area contributed by atoms with Crippen molar-refractivity contribution in [3.05, 3.63) is 151 Å². The number of rotatable bonds is 8. The summed E-state index contributed by atoms with van der Waals surface area (Å²) in [5.41, 5.74) is 11.4. The second kappa shape index (κ2) is 15.1. The van der Waals surface area contributed by atoms with Crippen molar-refractivity contribution in [2.75, 3.05) is 0 Å². The Balaban J connectivity index is 0.00000184. The standard InChI is InChI=1S/C39H38N3.2CH3.Hf/c1-25(2)30-16-11-17-31(26(3)4)39(30)41-35-19-12-20-36-33(35)23-37(42(36)6)38-29(22-21-28-14-8-9-15-32(28)38)24-40-34-18-10-7-13-27(34)5;;;/h7-22,25-26H,24H2,1-6H3;2*1H3;/q-3;2*-1;. The summed E-state index contributed by atoms with van der Waals surface area (Å²) >= 11 is 0. The smallest absolute Gasteiger partial charge is 0.000469 e. The van der Waals surface area contributed by atoms with Gasteiger partial charge in [0.2, 0.25) is 0 Å². The predicted octanol–water partition coefficient (Wildman–Crippen LogP) is 12.8. The number of benzene rings is 5. The zero-order chi connectivity index (χ0) is 29.4. The van der Waals surface area contributed by atoms with Crippen LogP contribution in [0.25, 0.3) is 43.6 Å². The van der Waals surface area contributed by atoms with E-state index in [1.807, 2.05) is 0 Å². The van der Waals surface area contributed by atoms with Crippen molar-refractivity contribution in [3.63, 3.8) is 0 Å². The third-order valence-electron chi connectivity index (χ3n) is 8.32. The van der Waals surface area contributed by atoms with E-state index in [2.05, 4.69) is 149 Å². The van der Waals surface area contributed by atoms with Crippen molar-refractivity contribution < 1.29 is 25.8 Å². The Hall–Kier alpha value is -3.63. The van der Waals surface area contributed by atoms with Crippen LogP contribution in [0.4, 0.5) is 17.1 Å². The quantitative estimate of drug-likeness (QED) is 0.109. The number of aromatic nitrogens is 1. The van der Waals surface area contributed by atoms with Crippen LogP contribution in [0.3, 0.4) is 0 Å². The van der Waals surface area contributed by atoms with E-state index >= 15 is 0 Å². The normalized spacial score (nSPS) is 10.8. The minimum atomic E-state index is 0. The predicted molar refractivity (Wildman–Crippen MR) is 193 cm³/mol. The molecule has 0 aliphatic rings. The first-order valence-electron chi connectivity index (χ1n) is 14.9. The Labute approximate surface area is 289 Å². The second-order valence-electron chi connectivity index (χ2n) is 11.8. The Morgan fingerprint density at radius 1 is 0.711 bits per heavy atom. The number of hydrogen-bond acceptors (Lipinski definition) is 0. The molecule has 0 bridgehead atoms. The van der Waals surface area contributed by atoms with Crippen molar-refractivity contribution in [1.29, 1.82) is 0 Å². The first-order chi connectivity index (χ1) is 20.3. The SMILES string of the molecule is Cc1ccccc1[N-]Cc1ccc2ccccc2c1-c1[c-]c2c([N-]c3c(C(C)C)cccc3C(C)C)cccc2n1C.[CH3-].[CH3-].[Hf]. The summed E-state index contributed by atoms with van der Waals surface area (Å²) < 4.78 is 2.27. The Morgan fingerprint density at radius 3 is 2.02 bits per heavy atom. The molecule has 0 spiro atoms. The number of nitrogens with zero attached hydrogens (tertiary/aromatic N) is 3. The topological polar surface area (TPSA) is 33.1 Å². The Morgan fingerprint density at radius 2 is 1.33 bits per heavy atom. The molecule has 0 saturated heterocycles. The van der Waals surface area contributed by atoms with E-state index in [1.165, 1.54) is 38.6 Å². The van der Waals surface area contributed by atoms with Gasteiger partial charge in [-0.15, -0.1) is 35.4 Å². The summed E-state index contributed by atoms with van der Waals surface area (Å²) in [4.78, 5) is 0. The summed E-state index contributed by atoms with van der Waals surface area (Å²) in [6.45, 7) is 11.7. The molecular formula is C41H44HfN3-5. The van der Waals surface area contributed by atoms with Crippen molar-refractivity contribution in [2.24, 2.45) is 7.05 Å². The third kappa shape index (κ3) is 6.97. The van der Waals surface area contributed by atoms with Crippen LogP contribution < -0.4 is 0 Å². The molecule has 0 unspecified atom stereocenters. The van der Waals surface area contributed by atoms with E-state index in [4.69, 9.17) is 10.6 Å². The molecule has 0 saturated carbocycles. The monoisotopic (exact) mass is 758 g/mol. The van der Waals surface area contributed by atoms with Crippen LogP contribution in [0.5, 0.6) is 0 Å². The van der Waals surface area contributed by atoms with Crippen LogP contribution in [0.15, 0.2) is 97.1 Å². The Bertz CT molecular complexity index is 1870. The van der Waals surface area contributed by atoms with E-state index in [-0.39, 0.29) is 40.7 Å². The molecule has 0 aliphatic carbocycles. The minimum Gasteiger partial charge on any atom is -0.701 e. The molecule has 45 heavy (non-hydrogen) atoms.